The van der Waals surface area contributed by atoms with Gasteiger partial charge < -0.3 is 15.5 Å². The highest BCUT2D eigenvalue weighted by Crippen LogP contribution is 2.27. The number of rotatable bonds is 5. The summed E-state index contributed by atoms with van der Waals surface area (Å²) in [7, 11) is 0. The molecule has 2 aromatic rings. The Kier molecular flexibility index (Phi) is 5.54. The van der Waals surface area contributed by atoms with Crippen LogP contribution in [0.2, 0.25) is 0 Å². The Labute approximate surface area is 158 Å². The molecule has 27 heavy (non-hydrogen) atoms. The van der Waals surface area contributed by atoms with Gasteiger partial charge in [-0.2, -0.15) is 0 Å². The Bertz CT molecular complexity index is 861. The second-order valence-corrected chi connectivity index (χ2v) is 6.68. The molecule has 0 radical (unpaired) electrons. The number of amides is 3. The quantitative estimate of drug-likeness (QED) is 0.854. The van der Waals surface area contributed by atoms with Gasteiger partial charge in [-0.1, -0.05) is 25.1 Å². The summed E-state index contributed by atoms with van der Waals surface area (Å²) in [6.45, 7) is 3.87. The lowest BCUT2D eigenvalue weighted by Crippen LogP contribution is -2.28. The molecule has 3 amide bonds. The van der Waals surface area contributed by atoms with E-state index in [9.17, 15) is 14.4 Å². The third-order valence-electron chi connectivity index (χ3n) is 4.60. The molecule has 1 fully saturated rings. The van der Waals surface area contributed by atoms with Crippen molar-refractivity contribution in [2.24, 2.45) is 5.92 Å². The molecular weight excluding hydrogens is 342 g/mol. The lowest BCUT2D eigenvalue weighted by molar-refractivity contribution is -0.122. The molecule has 1 aliphatic heterocycles. The summed E-state index contributed by atoms with van der Waals surface area (Å²) >= 11 is 0. The van der Waals surface area contributed by atoms with Crippen molar-refractivity contribution in [3.8, 4) is 0 Å². The van der Waals surface area contributed by atoms with Crippen LogP contribution < -0.4 is 15.5 Å². The topological polar surface area (TPSA) is 78.5 Å². The van der Waals surface area contributed by atoms with Crippen molar-refractivity contribution < 1.29 is 14.4 Å². The second kappa shape index (κ2) is 8.03. The summed E-state index contributed by atoms with van der Waals surface area (Å²) in [4.78, 5) is 37.8. The maximum absolute atomic E-state index is 12.6. The summed E-state index contributed by atoms with van der Waals surface area (Å²) in [5.41, 5.74) is 3.23. The van der Waals surface area contributed by atoms with Crippen LogP contribution in [-0.4, -0.2) is 24.3 Å². The molecule has 0 aliphatic carbocycles. The number of benzene rings is 2. The Balaban J connectivity index is 1.66. The molecule has 0 aromatic heterocycles. The second-order valence-electron chi connectivity index (χ2n) is 6.68. The fourth-order valence-electron chi connectivity index (χ4n) is 3.17. The number of anilines is 3. The standard InChI is InChI=1S/C21H23N3O3/c1-3-15-7-9-19(10-8-15)24-13-16(11-20(24)26)21(27)23-18-6-4-5-17(12-18)22-14(2)25/h4-10,12,16H,3,11,13H2,1-2H3,(H,22,25)(H,23,27). The minimum absolute atomic E-state index is 0.0496. The first-order valence-corrected chi connectivity index (χ1v) is 9.04. The van der Waals surface area contributed by atoms with Gasteiger partial charge in [0, 0.05) is 37.0 Å². The van der Waals surface area contributed by atoms with Crippen molar-refractivity contribution in [3.05, 3.63) is 54.1 Å². The predicted molar refractivity (Wildman–Crippen MR) is 106 cm³/mol. The highest BCUT2D eigenvalue weighted by Gasteiger charge is 2.35. The zero-order valence-corrected chi connectivity index (χ0v) is 15.5. The maximum Gasteiger partial charge on any atom is 0.229 e. The Hall–Kier alpha value is -3.15. The van der Waals surface area contributed by atoms with Crippen LogP contribution in [0.1, 0.15) is 25.8 Å². The van der Waals surface area contributed by atoms with E-state index in [1.807, 2.05) is 24.3 Å². The van der Waals surface area contributed by atoms with Crippen molar-refractivity contribution in [1.82, 2.24) is 0 Å². The van der Waals surface area contributed by atoms with Gasteiger partial charge in [-0.05, 0) is 42.3 Å². The van der Waals surface area contributed by atoms with E-state index in [2.05, 4.69) is 17.6 Å². The van der Waals surface area contributed by atoms with Crippen molar-refractivity contribution in [3.63, 3.8) is 0 Å². The molecule has 6 nitrogen and oxygen atoms in total. The lowest BCUT2D eigenvalue weighted by Gasteiger charge is -2.17. The maximum atomic E-state index is 12.6. The van der Waals surface area contributed by atoms with Gasteiger partial charge in [0.2, 0.25) is 17.7 Å². The summed E-state index contributed by atoms with van der Waals surface area (Å²) in [6, 6.07) is 14.8. The first-order valence-electron chi connectivity index (χ1n) is 9.04. The van der Waals surface area contributed by atoms with E-state index in [1.165, 1.54) is 12.5 Å². The molecule has 1 aliphatic rings. The molecule has 3 rings (SSSR count). The molecule has 1 saturated heterocycles. The van der Waals surface area contributed by atoms with Gasteiger partial charge in [0.15, 0.2) is 0 Å². The van der Waals surface area contributed by atoms with Crippen LogP contribution >= 0.6 is 0 Å². The summed E-state index contributed by atoms with van der Waals surface area (Å²) in [5.74, 6) is -0.834. The monoisotopic (exact) mass is 365 g/mol. The normalized spacial score (nSPS) is 16.3. The van der Waals surface area contributed by atoms with E-state index < -0.39 is 5.92 Å². The average molecular weight is 365 g/mol. The third kappa shape index (κ3) is 4.53. The minimum Gasteiger partial charge on any atom is -0.326 e. The zero-order valence-electron chi connectivity index (χ0n) is 15.5. The number of hydrogen-bond acceptors (Lipinski definition) is 3. The third-order valence-corrected chi connectivity index (χ3v) is 4.60. The molecule has 6 heteroatoms. The number of hydrogen-bond donors (Lipinski definition) is 2. The lowest BCUT2D eigenvalue weighted by atomic mass is 10.1. The largest absolute Gasteiger partial charge is 0.326 e. The first-order chi connectivity index (χ1) is 13.0. The fraction of sp³-hybridized carbons (Fsp3) is 0.286. The van der Waals surface area contributed by atoms with Crippen LogP contribution in [0.4, 0.5) is 17.1 Å². The van der Waals surface area contributed by atoms with Crippen LogP contribution in [0.15, 0.2) is 48.5 Å². The van der Waals surface area contributed by atoms with Crippen molar-refractivity contribution in [1.29, 1.82) is 0 Å². The van der Waals surface area contributed by atoms with Crippen LogP contribution in [-0.2, 0) is 20.8 Å². The molecule has 0 bridgehead atoms. The highest BCUT2D eigenvalue weighted by atomic mass is 16.2. The molecule has 140 valence electrons. The smallest absolute Gasteiger partial charge is 0.229 e. The van der Waals surface area contributed by atoms with E-state index in [-0.39, 0.29) is 24.1 Å². The Morgan fingerprint density at radius 2 is 1.74 bits per heavy atom. The number of nitrogens with one attached hydrogen (secondary N) is 2. The number of nitrogens with zero attached hydrogens (tertiary/aromatic N) is 1. The summed E-state index contributed by atoms with van der Waals surface area (Å²) in [5, 5.41) is 5.52. The first kappa shape index (κ1) is 18.6. The van der Waals surface area contributed by atoms with Gasteiger partial charge in [0.05, 0.1) is 5.92 Å². The van der Waals surface area contributed by atoms with Gasteiger partial charge in [-0.3, -0.25) is 14.4 Å². The minimum atomic E-state index is -0.409. The SMILES string of the molecule is CCc1ccc(N2CC(C(=O)Nc3cccc(NC(C)=O)c3)CC2=O)cc1. The van der Waals surface area contributed by atoms with Gasteiger partial charge in [0.1, 0.15) is 0 Å². The highest BCUT2D eigenvalue weighted by molar-refractivity contribution is 6.03. The molecule has 0 spiro atoms. The van der Waals surface area contributed by atoms with Gasteiger partial charge in [-0.15, -0.1) is 0 Å². The van der Waals surface area contributed by atoms with Crippen LogP contribution in [0.25, 0.3) is 0 Å². The van der Waals surface area contributed by atoms with Gasteiger partial charge >= 0.3 is 0 Å². The van der Waals surface area contributed by atoms with E-state index >= 15 is 0 Å². The molecule has 0 saturated carbocycles. The Morgan fingerprint density at radius 1 is 1.07 bits per heavy atom. The van der Waals surface area contributed by atoms with E-state index in [0.29, 0.717) is 17.9 Å². The predicted octanol–water partition coefficient (Wildman–Crippen LogP) is 3.20. The molecule has 1 heterocycles. The number of aryl methyl sites for hydroxylation is 1. The summed E-state index contributed by atoms with van der Waals surface area (Å²) < 4.78 is 0. The van der Waals surface area contributed by atoms with Gasteiger partial charge in [0.25, 0.3) is 0 Å². The molecular formula is C21H23N3O3. The van der Waals surface area contributed by atoms with Gasteiger partial charge in [-0.25, -0.2) is 0 Å². The molecule has 1 unspecified atom stereocenters. The van der Waals surface area contributed by atoms with E-state index in [0.717, 1.165) is 12.1 Å². The van der Waals surface area contributed by atoms with Crippen LogP contribution in [0.3, 0.4) is 0 Å². The summed E-state index contributed by atoms with van der Waals surface area (Å²) in [6.07, 6.45) is 1.13. The van der Waals surface area contributed by atoms with Crippen molar-refractivity contribution in [2.75, 3.05) is 22.1 Å². The molecule has 2 aromatic carbocycles. The zero-order chi connectivity index (χ0) is 19.4. The Morgan fingerprint density at radius 3 is 2.37 bits per heavy atom. The van der Waals surface area contributed by atoms with Crippen molar-refractivity contribution >= 4 is 34.8 Å². The van der Waals surface area contributed by atoms with Crippen molar-refractivity contribution in [2.45, 2.75) is 26.7 Å². The fourth-order valence-corrected chi connectivity index (χ4v) is 3.17. The molecule has 1 atom stereocenters. The number of carbonyl (C=O) groups is 3. The van der Waals surface area contributed by atoms with E-state index in [4.69, 9.17) is 0 Å². The average Bonchev–Trinajstić information content (AvgIpc) is 3.03. The van der Waals surface area contributed by atoms with Crippen LogP contribution in [0.5, 0.6) is 0 Å². The number of carbonyl (C=O) groups excluding carboxylic acids is 3. The molecule has 2 N–H and O–H groups in total. The van der Waals surface area contributed by atoms with E-state index in [1.54, 1.807) is 29.2 Å². The van der Waals surface area contributed by atoms with Crippen LogP contribution in [0, 0.1) is 5.92 Å².